The van der Waals surface area contributed by atoms with Crippen LogP contribution in [-0.2, 0) is 14.4 Å². The average Bonchev–Trinajstić information content (AvgIpc) is 3.26. The summed E-state index contributed by atoms with van der Waals surface area (Å²) in [4.78, 5) is 47.7. The number of nitrogens with zero attached hydrogens (tertiary/aromatic N) is 3. The molecule has 3 atom stereocenters. The molecule has 10 nitrogen and oxygen atoms in total. The van der Waals surface area contributed by atoms with E-state index in [1.807, 2.05) is 0 Å². The minimum absolute atomic E-state index is 0.0205. The molecule has 38 heavy (non-hydrogen) atoms. The van der Waals surface area contributed by atoms with Crippen LogP contribution in [0.25, 0.3) is 0 Å². The number of ketones is 1. The lowest BCUT2D eigenvalue weighted by molar-refractivity contribution is -0.137. The van der Waals surface area contributed by atoms with Gasteiger partial charge in [0.05, 0.1) is 6.54 Å². The summed E-state index contributed by atoms with van der Waals surface area (Å²) in [6.07, 6.45) is 4.71. The van der Waals surface area contributed by atoms with Crippen LogP contribution in [0.4, 0.5) is 5.69 Å². The lowest BCUT2D eigenvalue weighted by Crippen LogP contribution is -2.48. The van der Waals surface area contributed by atoms with Crippen LogP contribution in [0, 0.1) is 11.3 Å². The maximum Gasteiger partial charge on any atom is 0.242 e. The fourth-order valence-electron chi connectivity index (χ4n) is 4.37. The zero-order valence-electron chi connectivity index (χ0n) is 21.2. The molecular formula is C26H30Cl2N6O4. The largest absolute Gasteiger partial charge is 0.483 e. The van der Waals surface area contributed by atoms with E-state index in [9.17, 15) is 14.4 Å². The van der Waals surface area contributed by atoms with Gasteiger partial charge < -0.3 is 20.3 Å². The maximum absolute atomic E-state index is 13.1. The summed E-state index contributed by atoms with van der Waals surface area (Å²) in [5, 5.41) is 14.2. The Balaban J connectivity index is 1.40. The van der Waals surface area contributed by atoms with E-state index in [0.717, 1.165) is 6.42 Å². The first-order chi connectivity index (χ1) is 18.1. The summed E-state index contributed by atoms with van der Waals surface area (Å²) in [5.74, 6) is 0.0349. The number of nitrogens with one attached hydrogen (secondary N) is 3. The van der Waals surface area contributed by atoms with Gasteiger partial charge in [0.25, 0.3) is 0 Å². The normalized spacial score (nSPS) is 20.4. The molecule has 2 aromatic rings. The lowest BCUT2D eigenvalue weighted by atomic mass is 10.0. The monoisotopic (exact) mass is 560 g/mol. The molecule has 1 aliphatic heterocycles. The van der Waals surface area contributed by atoms with Gasteiger partial charge in [-0.2, -0.15) is 0 Å². The summed E-state index contributed by atoms with van der Waals surface area (Å²) < 4.78 is 5.16. The van der Waals surface area contributed by atoms with E-state index in [-0.39, 0.29) is 30.0 Å². The Morgan fingerprint density at radius 1 is 1.26 bits per heavy atom. The molecule has 12 heteroatoms. The molecule has 3 N–H and O–H groups in total. The Labute approximate surface area is 231 Å². The Morgan fingerprint density at radius 2 is 1.97 bits per heavy atom. The van der Waals surface area contributed by atoms with Gasteiger partial charge in [-0.1, -0.05) is 0 Å². The average molecular weight is 561 g/mol. The van der Waals surface area contributed by atoms with Crippen LogP contribution in [0.5, 0.6) is 5.75 Å². The number of aromatic nitrogens is 2. The number of benzene rings is 1. The first-order valence-electron chi connectivity index (χ1n) is 12.4. The van der Waals surface area contributed by atoms with Gasteiger partial charge in [0.2, 0.25) is 11.8 Å². The van der Waals surface area contributed by atoms with Crippen molar-refractivity contribution in [2.75, 3.05) is 25.0 Å². The van der Waals surface area contributed by atoms with Gasteiger partial charge in [-0.05, 0) is 50.5 Å². The third kappa shape index (κ3) is 6.60. The van der Waals surface area contributed by atoms with Crippen LogP contribution in [0.15, 0.2) is 36.7 Å². The molecule has 4 rings (SSSR count). The molecule has 2 aliphatic rings. The number of ether oxygens (including phenoxy) is 1. The van der Waals surface area contributed by atoms with E-state index < -0.39 is 22.3 Å². The van der Waals surface area contributed by atoms with Crippen molar-refractivity contribution in [1.82, 2.24) is 20.2 Å². The number of anilines is 1. The van der Waals surface area contributed by atoms with Gasteiger partial charge >= 0.3 is 0 Å². The van der Waals surface area contributed by atoms with Crippen LogP contribution >= 0.6 is 23.2 Å². The van der Waals surface area contributed by atoms with Crippen molar-refractivity contribution in [2.24, 2.45) is 5.92 Å². The third-order valence-electron chi connectivity index (χ3n) is 6.66. The van der Waals surface area contributed by atoms with E-state index >= 15 is 0 Å². The molecule has 1 aromatic heterocycles. The number of amides is 2. The van der Waals surface area contributed by atoms with Gasteiger partial charge in [-0.25, -0.2) is 9.97 Å². The number of halogens is 2. The van der Waals surface area contributed by atoms with Gasteiger partial charge in [0.15, 0.2) is 17.7 Å². The number of hydrogen-bond donors (Lipinski definition) is 3. The summed E-state index contributed by atoms with van der Waals surface area (Å²) in [6.45, 7) is 3.84. The molecule has 1 aromatic carbocycles. The zero-order valence-corrected chi connectivity index (χ0v) is 22.7. The van der Waals surface area contributed by atoms with Gasteiger partial charge in [-0.3, -0.25) is 19.8 Å². The number of alkyl halides is 2. The van der Waals surface area contributed by atoms with Gasteiger partial charge in [0, 0.05) is 49.6 Å². The summed E-state index contributed by atoms with van der Waals surface area (Å²) >= 11 is 12.1. The first-order valence-corrected chi connectivity index (χ1v) is 13.2. The molecular weight excluding hydrogens is 531 g/mol. The highest BCUT2D eigenvalue weighted by molar-refractivity contribution is 6.50. The summed E-state index contributed by atoms with van der Waals surface area (Å²) in [7, 11) is 0. The van der Waals surface area contributed by atoms with Crippen molar-refractivity contribution >= 4 is 52.2 Å². The van der Waals surface area contributed by atoms with E-state index in [2.05, 4.69) is 20.6 Å². The third-order valence-corrected chi connectivity index (χ3v) is 7.58. The number of hydrogen-bond acceptors (Lipinski definition) is 8. The molecule has 2 fully saturated rings. The molecule has 2 amide bonds. The molecule has 202 valence electrons. The summed E-state index contributed by atoms with van der Waals surface area (Å²) in [5.41, 5.74) is 0.515. The number of likely N-dealkylation sites (tertiary alicyclic amines) is 1. The van der Waals surface area contributed by atoms with Crippen molar-refractivity contribution < 1.29 is 19.1 Å². The fourth-order valence-corrected chi connectivity index (χ4v) is 4.89. The second-order valence-corrected chi connectivity index (χ2v) is 11.1. The van der Waals surface area contributed by atoms with E-state index in [1.54, 1.807) is 48.5 Å². The highest BCUT2D eigenvalue weighted by atomic mass is 35.5. The molecule has 3 unspecified atom stereocenters. The number of carbonyl (C=O) groups is 3. The van der Waals surface area contributed by atoms with Crippen LogP contribution in [-0.4, -0.2) is 68.2 Å². The van der Waals surface area contributed by atoms with Crippen molar-refractivity contribution in [2.45, 2.75) is 49.6 Å². The molecule has 1 saturated carbocycles. The highest BCUT2D eigenvalue weighted by Crippen LogP contribution is 2.52. The number of Topliss-reactive ketones (excluding diaryl/α,β-unsaturated/α-hetero) is 1. The molecule has 1 aliphatic carbocycles. The molecule has 0 bridgehead atoms. The van der Waals surface area contributed by atoms with Crippen LogP contribution < -0.4 is 15.4 Å². The SMILES string of the molecule is CC(=O)C(=N)c1cc(OC(C)c2ncccn2)ccc1NCC(=O)N1CCCC1C(=O)NCC1CC1(Cl)Cl. The van der Waals surface area contributed by atoms with Crippen molar-refractivity contribution in [3.05, 3.63) is 48.0 Å². The predicted octanol–water partition coefficient (Wildman–Crippen LogP) is 3.29. The Bertz CT molecular complexity index is 1230. The topological polar surface area (TPSA) is 137 Å². The molecule has 2 heterocycles. The van der Waals surface area contributed by atoms with Crippen molar-refractivity contribution in [1.29, 1.82) is 5.41 Å². The van der Waals surface area contributed by atoms with Crippen LogP contribution in [0.3, 0.4) is 0 Å². The zero-order chi connectivity index (χ0) is 27.4. The minimum Gasteiger partial charge on any atom is -0.483 e. The Kier molecular flexibility index (Phi) is 8.52. The summed E-state index contributed by atoms with van der Waals surface area (Å²) in [6, 6.07) is 6.06. The van der Waals surface area contributed by atoms with Crippen LogP contribution in [0.1, 0.15) is 50.6 Å². The van der Waals surface area contributed by atoms with Crippen LogP contribution in [0.2, 0.25) is 0 Å². The molecule has 1 saturated heterocycles. The number of carbonyl (C=O) groups excluding carboxylic acids is 3. The van der Waals surface area contributed by atoms with E-state index in [0.29, 0.717) is 48.8 Å². The van der Waals surface area contributed by atoms with Crippen molar-refractivity contribution in [3.63, 3.8) is 0 Å². The second kappa shape index (κ2) is 11.7. The standard InChI is InChI=1S/C26H30Cl2N6O4/c1-15(35)23(29)19-11-18(38-16(2)24-30-8-4-9-31-24)6-7-20(19)32-14-22(36)34-10-3-5-21(34)25(37)33-13-17-12-26(17,27)28/h4,6-9,11,16-17,21,29,32H,3,5,10,12-14H2,1-2H3,(H,33,37). The van der Waals surface area contributed by atoms with E-state index in [4.69, 9.17) is 33.3 Å². The van der Waals surface area contributed by atoms with E-state index in [1.165, 1.54) is 6.92 Å². The quantitative estimate of drug-likeness (QED) is 0.283. The van der Waals surface area contributed by atoms with Gasteiger partial charge in [0.1, 0.15) is 21.8 Å². The highest BCUT2D eigenvalue weighted by Gasteiger charge is 2.51. The van der Waals surface area contributed by atoms with Crippen molar-refractivity contribution in [3.8, 4) is 5.75 Å². The minimum atomic E-state index is -0.776. The van der Waals surface area contributed by atoms with Gasteiger partial charge in [-0.15, -0.1) is 23.2 Å². The molecule has 0 spiro atoms. The smallest absolute Gasteiger partial charge is 0.242 e. The number of rotatable bonds is 11. The second-order valence-electron chi connectivity index (χ2n) is 9.51. The Hall–Kier alpha value is -3.24. The first kappa shape index (κ1) is 27.8. The Morgan fingerprint density at radius 3 is 2.63 bits per heavy atom. The molecule has 0 radical (unpaired) electrons. The fraction of sp³-hybridized carbons (Fsp3) is 0.462. The maximum atomic E-state index is 13.1. The predicted molar refractivity (Wildman–Crippen MR) is 144 cm³/mol. The lowest BCUT2D eigenvalue weighted by Gasteiger charge is -2.25.